The van der Waals surface area contributed by atoms with Crippen molar-refractivity contribution in [1.29, 1.82) is 0 Å². The molecule has 0 spiro atoms. The zero-order valence-corrected chi connectivity index (χ0v) is 20.4. The summed E-state index contributed by atoms with van der Waals surface area (Å²) in [5.41, 5.74) is 0.524. The molecule has 0 saturated heterocycles. The van der Waals surface area contributed by atoms with Crippen molar-refractivity contribution in [2.45, 2.75) is 84.7 Å². The summed E-state index contributed by atoms with van der Waals surface area (Å²) in [5, 5.41) is 3.66. The predicted molar refractivity (Wildman–Crippen MR) is 123 cm³/mol. The van der Waals surface area contributed by atoms with Gasteiger partial charge in [-0.25, -0.2) is 9.59 Å². The van der Waals surface area contributed by atoms with E-state index in [1.807, 2.05) is 13.8 Å². The Labute approximate surface area is 195 Å². The van der Waals surface area contributed by atoms with Crippen LogP contribution in [0.5, 0.6) is 0 Å². The standard InChI is InChI=1S/C24H33ClN2O5/c1-8-18(22(29)31-14(3)4)26-20-12-15-10-11-16(25)13-17(15)21(28)27(20)19(9-2)23(30)32-24(5,6)7/h10-11,13,18-20,26H,3,8-9,12H2,1-2,4-7H3/t18-,19-,20?/m0/s1. The monoisotopic (exact) mass is 464 g/mol. The van der Waals surface area contributed by atoms with E-state index >= 15 is 0 Å². The first-order chi connectivity index (χ1) is 14.9. The third kappa shape index (κ3) is 6.33. The zero-order valence-electron chi connectivity index (χ0n) is 19.7. The zero-order chi connectivity index (χ0) is 24.2. The Balaban J connectivity index is 2.46. The second kappa shape index (κ2) is 10.5. The maximum atomic E-state index is 13.6. The molecule has 1 aliphatic rings. The van der Waals surface area contributed by atoms with E-state index in [0.29, 0.717) is 29.8 Å². The molecule has 1 heterocycles. The molecule has 1 amide bonds. The highest BCUT2D eigenvalue weighted by molar-refractivity contribution is 6.31. The Morgan fingerprint density at radius 2 is 1.91 bits per heavy atom. The molecular formula is C24H33ClN2O5. The lowest BCUT2D eigenvalue weighted by molar-refractivity contribution is -0.161. The van der Waals surface area contributed by atoms with Gasteiger partial charge in [0.15, 0.2) is 0 Å². The predicted octanol–water partition coefficient (Wildman–Crippen LogP) is 4.23. The van der Waals surface area contributed by atoms with Gasteiger partial charge in [0.25, 0.3) is 5.91 Å². The molecule has 3 atom stereocenters. The van der Waals surface area contributed by atoms with Gasteiger partial charge in [0, 0.05) is 17.0 Å². The highest BCUT2D eigenvalue weighted by Crippen LogP contribution is 2.29. The number of rotatable bonds is 8. The fraction of sp³-hybridized carbons (Fsp3) is 0.542. The van der Waals surface area contributed by atoms with Crippen LogP contribution in [-0.4, -0.2) is 46.6 Å². The number of allylic oxidation sites excluding steroid dienone is 1. The van der Waals surface area contributed by atoms with E-state index in [1.165, 1.54) is 4.90 Å². The van der Waals surface area contributed by atoms with Crippen LogP contribution >= 0.6 is 11.6 Å². The van der Waals surface area contributed by atoms with Gasteiger partial charge < -0.3 is 14.4 Å². The fourth-order valence-corrected chi connectivity index (χ4v) is 3.86. The van der Waals surface area contributed by atoms with Crippen LogP contribution in [0.3, 0.4) is 0 Å². The van der Waals surface area contributed by atoms with Crippen LogP contribution in [0.15, 0.2) is 30.5 Å². The van der Waals surface area contributed by atoms with E-state index in [2.05, 4.69) is 11.9 Å². The van der Waals surface area contributed by atoms with Gasteiger partial charge in [-0.1, -0.05) is 38.1 Å². The summed E-state index contributed by atoms with van der Waals surface area (Å²) in [6.07, 6.45) is 0.563. The van der Waals surface area contributed by atoms with Crippen LogP contribution in [0.4, 0.5) is 0 Å². The minimum absolute atomic E-state index is 0.284. The van der Waals surface area contributed by atoms with E-state index in [1.54, 1.807) is 45.9 Å². The molecule has 0 fully saturated rings. The van der Waals surface area contributed by atoms with E-state index in [0.717, 1.165) is 5.56 Å². The first-order valence-electron chi connectivity index (χ1n) is 10.8. The van der Waals surface area contributed by atoms with E-state index in [9.17, 15) is 14.4 Å². The smallest absolute Gasteiger partial charge is 0.329 e. The summed E-state index contributed by atoms with van der Waals surface area (Å²) in [4.78, 5) is 40.6. The number of ether oxygens (including phenoxy) is 2. The van der Waals surface area contributed by atoms with Gasteiger partial charge in [0.05, 0.1) is 11.9 Å². The molecule has 7 nitrogen and oxygen atoms in total. The third-order valence-electron chi connectivity index (χ3n) is 5.05. The lowest BCUT2D eigenvalue weighted by atomic mass is 9.94. The maximum absolute atomic E-state index is 13.6. The second-order valence-electron chi connectivity index (χ2n) is 8.94. The van der Waals surface area contributed by atoms with Gasteiger partial charge in [-0.05, 0) is 58.2 Å². The summed E-state index contributed by atoms with van der Waals surface area (Å²) in [5.74, 6) is -1.04. The highest BCUT2D eigenvalue weighted by Gasteiger charge is 2.42. The van der Waals surface area contributed by atoms with Crippen molar-refractivity contribution in [3.05, 3.63) is 46.7 Å². The highest BCUT2D eigenvalue weighted by atomic mass is 35.5. The Kier molecular flexibility index (Phi) is 8.48. The number of carbonyl (C=O) groups excluding carboxylic acids is 3. The van der Waals surface area contributed by atoms with Crippen LogP contribution in [0.2, 0.25) is 5.02 Å². The average molecular weight is 465 g/mol. The lowest BCUT2D eigenvalue weighted by Crippen LogP contribution is -2.62. The number of fused-ring (bicyclic) bond motifs is 1. The molecule has 0 radical (unpaired) electrons. The van der Waals surface area contributed by atoms with Crippen LogP contribution in [0.25, 0.3) is 0 Å². The molecule has 0 saturated carbocycles. The number of carbonyl (C=O) groups is 3. The quantitative estimate of drug-likeness (QED) is 0.457. The second-order valence-corrected chi connectivity index (χ2v) is 9.38. The van der Waals surface area contributed by atoms with E-state index in [4.69, 9.17) is 21.1 Å². The number of benzene rings is 1. The SMILES string of the molecule is C=C(C)OC(=O)[C@H](CC)NC1Cc2ccc(Cl)cc2C(=O)N1[C@@H](CC)C(=O)OC(C)(C)C. The van der Waals surface area contributed by atoms with Gasteiger partial charge in [-0.15, -0.1) is 0 Å². The molecule has 0 bridgehead atoms. The first kappa shape index (κ1) is 25.9. The number of nitrogens with zero attached hydrogens (tertiary/aromatic N) is 1. The van der Waals surface area contributed by atoms with Crippen LogP contribution < -0.4 is 5.32 Å². The van der Waals surface area contributed by atoms with Gasteiger partial charge in [-0.2, -0.15) is 0 Å². The van der Waals surface area contributed by atoms with Crippen molar-refractivity contribution in [1.82, 2.24) is 10.2 Å². The van der Waals surface area contributed by atoms with Crippen molar-refractivity contribution in [2.75, 3.05) is 0 Å². The minimum Gasteiger partial charge on any atom is -0.458 e. The summed E-state index contributed by atoms with van der Waals surface area (Å²) in [7, 11) is 0. The van der Waals surface area contributed by atoms with E-state index in [-0.39, 0.29) is 11.7 Å². The number of hydrogen-bond donors (Lipinski definition) is 1. The molecule has 176 valence electrons. The molecule has 1 aliphatic heterocycles. The van der Waals surface area contributed by atoms with Crippen molar-refractivity contribution >= 4 is 29.4 Å². The Hall–Kier alpha value is -2.38. The summed E-state index contributed by atoms with van der Waals surface area (Å²) >= 11 is 6.14. The number of amides is 1. The first-order valence-corrected chi connectivity index (χ1v) is 11.2. The molecule has 8 heteroatoms. The molecule has 0 aromatic heterocycles. The third-order valence-corrected chi connectivity index (χ3v) is 5.28. The van der Waals surface area contributed by atoms with Gasteiger partial charge in [0.1, 0.15) is 17.7 Å². The van der Waals surface area contributed by atoms with Crippen molar-refractivity contribution in [2.24, 2.45) is 0 Å². The normalized spacial score (nSPS) is 17.9. The Morgan fingerprint density at radius 3 is 2.44 bits per heavy atom. The number of nitrogens with one attached hydrogen (secondary N) is 1. The summed E-state index contributed by atoms with van der Waals surface area (Å²) in [6, 6.07) is 3.61. The van der Waals surface area contributed by atoms with Crippen LogP contribution in [0.1, 0.15) is 70.3 Å². The number of esters is 2. The number of hydrogen-bond acceptors (Lipinski definition) is 6. The molecule has 1 aromatic carbocycles. The number of halogens is 1. The molecule has 1 aromatic rings. The Morgan fingerprint density at radius 1 is 1.25 bits per heavy atom. The van der Waals surface area contributed by atoms with Crippen LogP contribution in [0, 0.1) is 0 Å². The molecule has 1 unspecified atom stereocenters. The van der Waals surface area contributed by atoms with Crippen molar-refractivity contribution < 1.29 is 23.9 Å². The van der Waals surface area contributed by atoms with E-state index < -0.39 is 35.8 Å². The fourth-order valence-electron chi connectivity index (χ4n) is 3.69. The van der Waals surface area contributed by atoms with Crippen molar-refractivity contribution in [3.63, 3.8) is 0 Å². The molecule has 2 rings (SSSR count). The van der Waals surface area contributed by atoms with Gasteiger partial charge in [-0.3, -0.25) is 10.1 Å². The summed E-state index contributed by atoms with van der Waals surface area (Å²) in [6.45, 7) is 14.2. The topological polar surface area (TPSA) is 84.9 Å². The van der Waals surface area contributed by atoms with Gasteiger partial charge >= 0.3 is 11.9 Å². The van der Waals surface area contributed by atoms with Gasteiger partial charge in [0.2, 0.25) is 0 Å². The molecule has 32 heavy (non-hydrogen) atoms. The van der Waals surface area contributed by atoms with Crippen molar-refractivity contribution in [3.8, 4) is 0 Å². The molecule has 1 N–H and O–H groups in total. The Bertz CT molecular complexity index is 893. The largest absolute Gasteiger partial charge is 0.458 e. The molecular weight excluding hydrogens is 432 g/mol. The summed E-state index contributed by atoms with van der Waals surface area (Å²) < 4.78 is 10.8. The average Bonchev–Trinajstić information content (AvgIpc) is 2.67. The minimum atomic E-state index is -0.832. The lowest BCUT2D eigenvalue weighted by Gasteiger charge is -2.42. The molecule has 0 aliphatic carbocycles. The maximum Gasteiger partial charge on any atom is 0.329 e. The van der Waals surface area contributed by atoms with Crippen LogP contribution in [-0.2, 0) is 25.5 Å².